The van der Waals surface area contributed by atoms with Gasteiger partial charge in [0, 0.05) is 16.8 Å². The highest BCUT2D eigenvalue weighted by Crippen LogP contribution is 2.32. The van der Waals surface area contributed by atoms with Crippen LogP contribution in [0.3, 0.4) is 0 Å². The highest BCUT2D eigenvalue weighted by atomic mass is 32.2. The molecule has 1 aliphatic heterocycles. The Kier molecular flexibility index (Phi) is 4.33. The maximum atomic E-state index is 4.60. The van der Waals surface area contributed by atoms with Gasteiger partial charge in [0.1, 0.15) is 5.01 Å². The molecule has 1 aromatic heterocycles. The minimum Gasteiger partial charge on any atom is -0.356 e. The Balaban J connectivity index is 1.82. The van der Waals surface area contributed by atoms with Gasteiger partial charge in [-0.25, -0.2) is 4.98 Å². The second-order valence-corrected chi connectivity index (χ2v) is 8.10. The first kappa shape index (κ1) is 13.9. The highest BCUT2D eigenvalue weighted by Gasteiger charge is 2.25. The summed E-state index contributed by atoms with van der Waals surface area (Å²) in [5.41, 5.74) is 0.379. The van der Waals surface area contributed by atoms with E-state index in [9.17, 15) is 0 Å². The Labute approximate surface area is 118 Å². The molecule has 0 saturated heterocycles. The summed E-state index contributed by atoms with van der Waals surface area (Å²) in [7, 11) is 0. The molecule has 2 heterocycles. The summed E-state index contributed by atoms with van der Waals surface area (Å²) in [6.45, 7) is 9.94. The molecule has 5 heteroatoms. The maximum absolute atomic E-state index is 4.60. The molecule has 0 aliphatic carbocycles. The van der Waals surface area contributed by atoms with Gasteiger partial charge in [0.2, 0.25) is 0 Å². The first-order valence-corrected chi connectivity index (χ1v) is 8.07. The Morgan fingerprint density at radius 3 is 2.89 bits per heavy atom. The number of rotatable bonds is 3. The van der Waals surface area contributed by atoms with Crippen LogP contribution in [-0.4, -0.2) is 21.9 Å². The molecule has 1 N–H and O–H groups in total. The van der Waals surface area contributed by atoms with E-state index >= 15 is 0 Å². The first-order chi connectivity index (χ1) is 8.44. The fraction of sp³-hybridized carbons (Fsp3) is 0.692. The summed E-state index contributed by atoms with van der Waals surface area (Å²) in [6.07, 6.45) is 3.06. The van der Waals surface area contributed by atoms with E-state index in [-0.39, 0.29) is 6.04 Å². The van der Waals surface area contributed by atoms with E-state index in [1.807, 2.05) is 23.3 Å². The van der Waals surface area contributed by atoms with Crippen LogP contribution in [0.15, 0.2) is 16.6 Å². The first-order valence-electron chi connectivity index (χ1n) is 6.31. The van der Waals surface area contributed by atoms with E-state index in [0.717, 1.165) is 16.7 Å². The zero-order valence-electron chi connectivity index (χ0n) is 11.4. The highest BCUT2D eigenvalue weighted by molar-refractivity contribution is 8.14. The lowest BCUT2D eigenvalue weighted by atomic mass is 9.90. The number of thioether (sulfide) groups is 1. The van der Waals surface area contributed by atoms with Crippen molar-refractivity contribution in [3.63, 3.8) is 0 Å². The molecule has 2 unspecified atom stereocenters. The van der Waals surface area contributed by atoms with Gasteiger partial charge in [-0.1, -0.05) is 32.5 Å². The van der Waals surface area contributed by atoms with Gasteiger partial charge in [0.15, 0.2) is 5.17 Å². The normalized spacial score (nSPS) is 21.8. The molecule has 0 amide bonds. The van der Waals surface area contributed by atoms with Gasteiger partial charge < -0.3 is 5.32 Å². The number of aromatic nitrogens is 1. The molecule has 0 spiro atoms. The van der Waals surface area contributed by atoms with E-state index in [1.54, 1.807) is 11.3 Å². The van der Waals surface area contributed by atoms with Gasteiger partial charge in [-0.15, -0.1) is 11.3 Å². The second-order valence-electron chi connectivity index (χ2n) is 5.89. The fourth-order valence-corrected chi connectivity index (χ4v) is 4.07. The van der Waals surface area contributed by atoms with E-state index in [0.29, 0.717) is 10.7 Å². The minimum absolute atomic E-state index is 0.254. The summed E-state index contributed by atoms with van der Waals surface area (Å²) in [6, 6.07) is 0.254. The Morgan fingerprint density at radius 2 is 2.28 bits per heavy atom. The van der Waals surface area contributed by atoms with E-state index < -0.39 is 0 Å². The average molecular weight is 283 g/mol. The van der Waals surface area contributed by atoms with E-state index in [1.165, 1.54) is 6.42 Å². The van der Waals surface area contributed by atoms with Crippen LogP contribution in [0.2, 0.25) is 0 Å². The van der Waals surface area contributed by atoms with Gasteiger partial charge in [-0.2, -0.15) is 0 Å². The number of nitrogens with one attached hydrogen (secondary N) is 1. The summed E-state index contributed by atoms with van der Waals surface area (Å²) in [4.78, 5) is 8.92. The van der Waals surface area contributed by atoms with Crippen LogP contribution in [0.4, 0.5) is 0 Å². The molecule has 2 atom stereocenters. The van der Waals surface area contributed by atoms with Crippen molar-refractivity contribution >= 4 is 28.3 Å². The Morgan fingerprint density at radius 1 is 1.50 bits per heavy atom. The van der Waals surface area contributed by atoms with Crippen LogP contribution >= 0.6 is 23.1 Å². The molecule has 100 valence electrons. The van der Waals surface area contributed by atoms with Gasteiger partial charge >= 0.3 is 0 Å². The van der Waals surface area contributed by atoms with Crippen molar-refractivity contribution in [2.24, 2.45) is 10.4 Å². The quantitative estimate of drug-likeness (QED) is 0.919. The number of thiazole rings is 1. The van der Waals surface area contributed by atoms with Crippen molar-refractivity contribution in [3.05, 3.63) is 16.6 Å². The third kappa shape index (κ3) is 3.99. The smallest absolute Gasteiger partial charge is 0.157 e. The summed E-state index contributed by atoms with van der Waals surface area (Å²) in [5.74, 6) is 0. The lowest BCUT2D eigenvalue weighted by molar-refractivity contribution is 0.375. The molecule has 1 aliphatic rings. The van der Waals surface area contributed by atoms with Crippen LogP contribution in [0.5, 0.6) is 0 Å². The summed E-state index contributed by atoms with van der Waals surface area (Å²) in [5, 5.41) is 8.29. The summed E-state index contributed by atoms with van der Waals surface area (Å²) < 4.78 is 0. The number of aliphatic imine (C=N–C) groups is 1. The predicted octanol–water partition coefficient (Wildman–Crippen LogP) is 3.70. The number of nitrogens with zero attached hydrogens (tertiary/aromatic N) is 2. The largest absolute Gasteiger partial charge is 0.356 e. The zero-order valence-corrected chi connectivity index (χ0v) is 13.1. The van der Waals surface area contributed by atoms with Gasteiger partial charge in [0.25, 0.3) is 0 Å². The molecule has 0 saturated carbocycles. The molecule has 0 bridgehead atoms. The third-order valence-corrected chi connectivity index (χ3v) is 4.80. The van der Waals surface area contributed by atoms with Crippen LogP contribution in [0.25, 0.3) is 0 Å². The van der Waals surface area contributed by atoms with Gasteiger partial charge in [-0.05, 0) is 18.8 Å². The standard InChI is InChI=1S/C13H21N3S2/c1-9(11-14-5-6-17-11)16-12-15-8-10(18-12)7-13(2,3)4/h5-6,9-10H,7-8H2,1-4H3,(H,15,16). The number of amidine groups is 1. The third-order valence-electron chi connectivity index (χ3n) is 2.72. The van der Waals surface area contributed by atoms with Crippen molar-refractivity contribution < 1.29 is 0 Å². The molecule has 1 aromatic rings. The molecule has 0 aromatic carbocycles. The summed E-state index contributed by atoms with van der Waals surface area (Å²) >= 11 is 3.57. The monoisotopic (exact) mass is 283 g/mol. The van der Waals surface area contributed by atoms with Crippen molar-refractivity contribution in [2.45, 2.75) is 45.4 Å². The van der Waals surface area contributed by atoms with Crippen molar-refractivity contribution in [2.75, 3.05) is 6.54 Å². The SMILES string of the molecule is CC(NC1=NCC(CC(C)(C)C)S1)c1nccs1. The average Bonchev–Trinajstić information content (AvgIpc) is 2.86. The number of hydrogen-bond donors (Lipinski definition) is 1. The van der Waals surface area contributed by atoms with E-state index in [4.69, 9.17) is 0 Å². The van der Waals surface area contributed by atoms with Crippen LogP contribution in [0, 0.1) is 5.41 Å². The Hall–Kier alpha value is -0.550. The molecular formula is C13H21N3S2. The van der Waals surface area contributed by atoms with Crippen molar-refractivity contribution in [1.82, 2.24) is 10.3 Å². The fourth-order valence-electron chi connectivity index (χ4n) is 1.98. The molecule has 3 nitrogen and oxygen atoms in total. The number of hydrogen-bond acceptors (Lipinski definition) is 5. The van der Waals surface area contributed by atoms with Crippen molar-refractivity contribution in [1.29, 1.82) is 0 Å². The molecule has 2 rings (SSSR count). The maximum Gasteiger partial charge on any atom is 0.157 e. The van der Waals surface area contributed by atoms with E-state index in [2.05, 4.69) is 43.0 Å². The minimum atomic E-state index is 0.254. The zero-order chi connectivity index (χ0) is 13.2. The molecule has 0 radical (unpaired) electrons. The van der Waals surface area contributed by atoms with Crippen LogP contribution in [-0.2, 0) is 0 Å². The second kappa shape index (κ2) is 5.61. The molecule has 0 fully saturated rings. The molecule has 18 heavy (non-hydrogen) atoms. The topological polar surface area (TPSA) is 37.3 Å². The molecular weight excluding hydrogens is 262 g/mol. The predicted molar refractivity (Wildman–Crippen MR) is 81.4 cm³/mol. The van der Waals surface area contributed by atoms with Crippen LogP contribution < -0.4 is 5.32 Å². The Bertz CT molecular complexity index is 406. The van der Waals surface area contributed by atoms with Gasteiger partial charge in [0.05, 0.1) is 12.6 Å². The lowest BCUT2D eigenvalue weighted by Crippen LogP contribution is -2.23. The van der Waals surface area contributed by atoms with Crippen LogP contribution in [0.1, 0.15) is 45.2 Å². The lowest BCUT2D eigenvalue weighted by Gasteiger charge is -2.21. The van der Waals surface area contributed by atoms with Gasteiger partial charge in [-0.3, -0.25) is 4.99 Å². The van der Waals surface area contributed by atoms with Crippen molar-refractivity contribution in [3.8, 4) is 0 Å².